The highest BCUT2D eigenvalue weighted by molar-refractivity contribution is 7.55. The number of hydrogen-bond donors (Lipinski definition) is 1. The molecule has 0 aromatic rings. The lowest BCUT2D eigenvalue weighted by Gasteiger charge is -2.03. The molecule has 0 rings (SSSR count). The molecule has 4 heteroatoms. The molecule has 3 nitrogen and oxygen atoms in total. The molecular formula is C4H11NO2P. The molecule has 0 aromatic heterocycles. The van der Waals surface area contributed by atoms with Gasteiger partial charge in [0.15, 0.2) is 0 Å². The van der Waals surface area contributed by atoms with Gasteiger partial charge in [0.1, 0.15) is 0 Å². The minimum absolute atomic E-state index is 0.251. The molecular weight excluding hydrogens is 125 g/mol. The van der Waals surface area contributed by atoms with Crippen LogP contribution in [0.5, 0.6) is 0 Å². The molecule has 0 aromatic carbocycles. The zero-order chi connectivity index (χ0) is 6.62. The summed E-state index contributed by atoms with van der Waals surface area (Å²) in [5.41, 5.74) is 0. The van der Waals surface area contributed by atoms with E-state index in [-0.39, 0.29) is 6.16 Å². The summed E-state index contributed by atoms with van der Waals surface area (Å²) in [5.74, 6) is 0. The summed E-state index contributed by atoms with van der Waals surface area (Å²) in [4.78, 5) is 8.71. The Hall–Kier alpha value is 0.150. The zero-order valence-corrected chi connectivity index (χ0v) is 6.06. The van der Waals surface area contributed by atoms with Gasteiger partial charge in [-0.1, -0.05) is 13.8 Å². The summed E-state index contributed by atoms with van der Waals surface area (Å²) in [6, 6.07) is 0. The number of nitrogens with zero attached hydrogens (tertiary/aromatic N) is 1. The van der Waals surface area contributed by atoms with E-state index < -0.39 is 7.52 Å². The highest BCUT2D eigenvalue weighted by Gasteiger charge is 2.12. The van der Waals surface area contributed by atoms with E-state index in [0.717, 1.165) is 0 Å². The summed E-state index contributed by atoms with van der Waals surface area (Å²) < 4.78 is 10.6. The first kappa shape index (κ1) is 8.15. The Morgan fingerprint density at radius 2 is 2.12 bits per heavy atom. The van der Waals surface area contributed by atoms with Crippen LogP contribution in [0.1, 0.15) is 13.8 Å². The minimum atomic E-state index is -3.05. The predicted molar refractivity (Wildman–Crippen MR) is 33.0 cm³/mol. The maximum Gasteiger partial charge on any atom is 0.283 e. The monoisotopic (exact) mass is 136 g/mol. The van der Waals surface area contributed by atoms with Gasteiger partial charge in [-0.15, -0.1) is 0 Å². The van der Waals surface area contributed by atoms with E-state index in [0.29, 0.717) is 6.54 Å². The Labute approximate surface area is 49.6 Å². The summed E-state index contributed by atoms with van der Waals surface area (Å²) in [5, 5.41) is 3.49. The van der Waals surface area contributed by atoms with Crippen LogP contribution in [0.2, 0.25) is 0 Å². The molecule has 1 unspecified atom stereocenters. The molecule has 0 fully saturated rings. The normalized spacial score (nSPS) is 17.9. The maximum absolute atomic E-state index is 10.6. The van der Waals surface area contributed by atoms with Crippen molar-refractivity contribution in [2.24, 2.45) is 0 Å². The molecule has 0 heterocycles. The maximum atomic E-state index is 10.6. The highest BCUT2D eigenvalue weighted by atomic mass is 31.2. The second kappa shape index (κ2) is 3.23. The topological polar surface area (TPSA) is 51.4 Å². The third kappa shape index (κ3) is 3.19. The first-order valence-corrected chi connectivity index (χ1v) is 4.43. The number of hydrogen-bond acceptors (Lipinski definition) is 1. The Morgan fingerprint density at radius 1 is 1.62 bits per heavy atom. The van der Waals surface area contributed by atoms with Gasteiger partial charge in [0.05, 0.1) is 0 Å². The summed E-state index contributed by atoms with van der Waals surface area (Å²) in [6.45, 7) is 3.83. The molecule has 1 atom stereocenters. The smallest absolute Gasteiger partial charge is 0.283 e. The van der Waals surface area contributed by atoms with Crippen LogP contribution in [0.3, 0.4) is 0 Å². The average molecular weight is 136 g/mol. The van der Waals surface area contributed by atoms with Crippen LogP contribution in [-0.4, -0.2) is 17.6 Å². The largest absolute Gasteiger partial charge is 0.332 e. The molecule has 8 heavy (non-hydrogen) atoms. The van der Waals surface area contributed by atoms with E-state index in [1.807, 2.05) is 0 Å². The van der Waals surface area contributed by atoms with Gasteiger partial charge in [-0.2, -0.15) is 5.09 Å². The molecule has 0 saturated carbocycles. The van der Waals surface area contributed by atoms with E-state index in [1.165, 1.54) is 0 Å². The standard InChI is InChI=1S/C4H11NO2P/c1-3-5-8(6,7)4-2/h3-4H2,1-2H3,(H,6,7). The molecule has 1 radical (unpaired) electrons. The Bertz CT molecular complexity index is 104. The van der Waals surface area contributed by atoms with Crippen LogP contribution in [0.15, 0.2) is 0 Å². The van der Waals surface area contributed by atoms with Crippen molar-refractivity contribution in [1.29, 1.82) is 0 Å². The van der Waals surface area contributed by atoms with Gasteiger partial charge in [-0.05, 0) is 0 Å². The molecule has 0 aliphatic heterocycles. The van der Waals surface area contributed by atoms with Crippen molar-refractivity contribution < 1.29 is 9.46 Å². The zero-order valence-electron chi connectivity index (χ0n) is 5.16. The Balaban J connectivity index is 3.55. The van der Waals surface area contributed by atoms with Gasteiger partial charge < -0.3 is 4.89 Å². The molecule has 0 aliphatic carbocycles. The van der Waals surface area contributed by atoms with Gasteiger partial charge in [-0.3, -0.25) is 4.57 Å². The van der Waals surface area contributed by atoms with Crippen LogP contribution in [0.25, 0.3) is 0 Å². The quantitative estimate of drug-likeness (QED) is 0.584. The van der Waals surface area contributed by atoms with Crippen molar-refractivity contribution in [2.45, 2.75) is 13.8 Å². The van der Waals surface area contributed by atoms with Crippen LogP contribution in [0.4, 0.5) is 0 Å². The minimum Gasteiger partial charge on any atom is -0.332 e. The summed E-state index contributed by atoms with van der Waals surface area (Å²) in [6.07, 6.45) is 0.251. The lowest BCUT2D eigenvalue weighted by Crippen LogP contribution is -2.01. The van der Waals surface area contributed by atoms with Gasteiger partial charge >= 0.3 is 0 Å². The highest BCUT2D eigenvalue weighted by Crippen LogP contribution is 2.35. The third-order valence-electron chi connectivity index (χ3n) is 0.774. The lowest BCUT2D eigenvalue weighted by atomic mass is 10.8. The molecule has 0 bridgehead atoms. The second-order valence-corrected chi connectivity index (χ2v) is 3.68. The van der Waals surface area contributed by atoms with Gasteiger partial charge in [-0.25, -0.2) is 0 Å². The van der Waals surface area contributed by atoms with Crippen molar-refractivity contribution in [1.82, 2.24) is 5.09 Å². The predicted octanol–water partition coefficient (Wildman–Crippen LogP) is 0.816. The molecule has 0 spiro atoms. The third-order valence-corrected chi connectivity index (χ3v) is 2.32. The summed E-state index contributed by atoms with van der Waals surface area (Å²) >= 11 is 0. The molecule has 0 saturated heterocycles. The SMILES string of the molecule is CC[N]P(=O)(O)CC. The van der Waals surface area contributed by atoms with Crippen molar-refractivity contribution >= 4 is 7.52 Å². The van der Waals surface area contributed by atoms with E-state index in [9.17, 15) is 4.57 Å². The number of rotatable bonds is 3. The fraction of sp³-hybridized carbons (Fsp3) is 1.00. The van der Waals surface area contributed by atoms with Crippen molar-refractivity contribution in [3.05, 3.63) is 0 Å². The first-order chi connectivity index (χ1) is 3.62. The fourth-order valence-corrected chi connectivity index (χ4v) is 0.963. The average Bonchev–Trinajstić information content (AvgIpc) is 1.67. The summed E-state index contributed by atoms with van der Waals surface area (Å²) in [7, 11) is -3.05. The van der Waals surface area contributed by atoms with E-state index in [1.54, 1.807) is 13.8 Å². The van der Waals surface area contributed by atoms with Crippen LogP contribution in [0, 0.1) is 0 Å². The first-order valence-electron chi connectivity index (χ1n) is 2.63. The molecule has 0 aliphatic rings. The van der Waals surface area contributed by atoms with Crippen LogP contribution in [-0.2, 0) is 4.57 Å². The van der Waals surface area contributed by atoms with Crippen LogP contribution < -0.4 is 5.09 Å². The van der Waals surface area contributed by atoms with Crippen molar-refractivity contribution in [2.75, 3.05) is 12.7 Å². The van der Waals surface area contributed by atoms with E-state index >= 15 is 0 Å². The van der Waals surface area contributed by atoms with Crippen molar-refractivity contribution in [3.63, 3.8) is 0 Å². The molecule has 0 amide bonds. The van der Waals surface area contributed by atoms with Gasteiger partial charge in [0.25, 0.3) is 7.52 Å². The van der Waals surface area contributed by atoms with E-state index in [4.69, 9.17) is 4.89 Å². The fourth-order valence-electron chi connectivity index (χ4n) is 0.321. The molecule has 1 N–H and O–H groups in total. The van der Waals surface area contributed by atoms with Gasteiger partial charge in [0, 0.05) is 12.7 Å². The molecule has 49 valence electrons. The Morgan fingerprint density at radius 3 is 2.25 bits per heavy atom. The van der Waals surface area contributed by atoms with Crippen molar-refractivity contribution in [3.8, 4) is 0 Å². The Kier molecular flexibility index (Phi) is 3.29. The second-order valence-electron chi connectivity index (χ2n) is 1.44. The van der Waals surface area contributed by atoms with E-state index in [2.05, 4.69) is 5.09 Å². The van der Waals surface area contributed by atoms with Gasteiger partial charge in [0.2, 0.25) is 0 Å². The lowest BCUT2D eigenvalue weighted by molar-refractivity contribution is 0.464. The van der Waals surface area contributed by atoms with Crippen LogP contribution >= 0.6 is 7.52 Å².